The van der Waals surface area contributed by atoms with Crippen LogP contribution in [0.25, 0.3) is 0 Å². The van der Waals surface area contributed by atoms with E-state index in [1.165, 1.54) is 36.3 Å². The minimum absolute atomic E-state index is 0.0235. The fraction of sp³-hybridized carbons (Fsp3) is 0.615. The van der Waals surface area contributed by atoms with Crippen molar-refractivity contribution in [2.45, 2.75) is 71.1 Å². The lowest BCUT2D eigenvalue weighted by molar-refractivity contribution is -0.134. The standard InChI is InChI=1S/C26H31ClN2OS/c1-25-14-12-21-23(31-24(29-21)28-16-5-3-15(27)4-6-16)20(25)8-7-17-18-9-10-22(30)26(18,2)13-11-19(17)25/h3-6,17-20H,7-14H2,1-2H3,(H,28,29)/t17-,18-,19-,20?,25+,26-/m0/s1. The Kier molecular flexibility index (Phi) is 4.60. The van der Waals surface area contributed by atoms with E-state index in [1.54, 1.807) is 0 Å². The lowest BCUT2D eigenvalue weighted by Crippen LogP contribution is -2.52. The number of hydrogen-bond donors (Lipinski definition) is 1. The van der Waals surface area contributed by atoms with Crippen LogP contribution in [0.2, 0.25) is 5.02 Å². The van der Waals surface area contributed by atoms with Crippen molar-refractivity contribution in [3.8, 4) is 0 Å². The van der Waals surface area contributed by atoms with Crippen LogP contribution in [0.15, 0.2) is 24.3 Å². The Balaban J connectivity index is 1.28. The van der Waals surface area contributed by atoms with Gasteiger partial charge in [0.1, 0.15) is 5.78 Å². The zero-order valence-electron chi connectivity index (χ0n) is 18.4. The molecule has 0 bridgehead atoms. The van der Waals surface area contributed by atoms with Gasteiger partial charge in [0.2, 0.25) is 0 Å². The number of nitrogens with one attached hydrogen (secondary N) is 1. The van der Waals surface area contributed by atoms with E-state index in [1.807, 2.05) is 35.6 Å². The van der Waals surface area contributed by atoms with Gasteiger partial charge in [0.05, 0.1) is 5.69 Å². The first-order valence-corrected chi connectivity index (χ1v) is 13.1. The third kappa shape index (κ3) is 2.97. The summed E-state index contributed by atoms with van der Waals surface area (Å²) in [7, 11) is 0. The van der Waals surface area contributed by atoms with Crippen LogP contribution in [0.4, 0.5) is 10.8 Å². The molecule has 0 radical (unpaired) electrons. The Morgan fingerprint density at radius 2 is 1.84 bits per heavy atom. The number of Topliss-reactive ketones (excluding diaryl/α,β-unsaturated/α-hetero) is 1. The van der Waals surface area contributed by atoms with Gasteiger partial charge in [-0.05, 0) is 92.4 Å². The molecule has 5 heteroatoms. The fourth-order valence-electron chi connectivity index (χ4n) is 7.93. The van der Waals surface area contributed by atoms with Gasteiger partial charge in [0.25, 0.3) is 0 Å². The number of carbonyl (C=O) groups is 1. The van der Waals surface area contributed by atoms with E-state index < -0.39 is 0 Å². The van der Waals surface area contributed by atoms with Crippen LogP contribution in [0.1, 0.15) is 75.3 Å². The number of ketones is 1. The number of rotatable bonds is 2. The van der Waals surface area contributed by atoms with Crippen molar-refractivity contribution in [3.05, 3.63) is 39.9 Å². The van der Waals surface area contributed by atoms with Gasteiger partial charge in [-0.15, -0.1) is 11.3 Å². The number of nitrogens with zero attached hydrogens (tertiary/aromatic N) is 1. The van der Waals surface area contributed by atoms with E-state index in [0.717, 1.165) is 53.4 Å². The van der Waals surface area contributed by atoms with Crippen LogP contribution in [0.5, 0.6) is 0 Å². The molecule has 0 amide bonds. The average molecular weight is 455 g/mol. The molecule has 1 aromatic heterocycles. The van der Waals surface area contributed by atoms with Gasteiger partial charge in [-0.1, -0.05) is 25.4 Å². The molecule has 1 N–H and O–H groups in total. The van der Waals surface area contributed by atoms with E-state index >= 15 is 0 Å². The zero-order valence-corrected chi connectivity index (χ0v) is 20.0. The number of hydrogen-bond acceptors (Lipinski definition) is 4. The van der Waals surface area contributed by atoms with E-state index in [4.69, 9.17) is 16.6 Å². The Labute approximate surface area is 194 Å². The van der Waals surface area contributed by atoms with Crippen molar-refractivity contribution < 1.29 is 4.79 Å². The maximum absolute atomic E-state index is 12.7. The molecule has 3 nitrogen and oxygen atoms in total. The van der Waals surface area contributed by atoms with Crippen LogP contribution in [-0.4, -0.2) is 10.8 Å². The number of aromatic nitrogens is 1. The third-order valence-electron chi connectivity index (χ3n) is 9.62. The lowest BCUT2D eigenvalue weighted by atomic mass is 9.46. The number of thiazole rings is 1. The molecule has 4 aliphatic carbocycles. The van der Waals surface area contributed by atoms with Crippen molar-refractivity contribution in [3.63, 3.8) is 0 Å². The smallest absolute Gasteiger partial charge is 0.187 e. The monoisotopic (exact) mass is 454 g/mol. The van der Waals surface area contributed by atoms with Gasteiger partial charge in [-0.2, -0.15) is 0 Å². The highest BCUT2D eigenvalue weighted by atomic mass is 35.5. The first-order valence-electron chi connectivity index (χ1n) is 11.9. The normalized spacial score (nSPS) is 38.7. The molecule has 6 atom stereocenters. The molecule has 4 aliphatic rings. The molecule has 0 spiro atoms. The molecule has 0 aliphatic heterocycles. The number of anilines is 2. The Morgan fingerprint density at radius 3 is 2.65 bits per heavy atom. The number of benzene rings is 1. The molecule has 164 valence electrons. The first-order chi connectivity index (χ1) is 14.9. The minimum atomic E-state index is -0.0235. The highest BCUT2D eigenvalue weighted by molar-refractivity contribution is 7.15. The summed E-state index contributed by atoms with van der Waals surface area (Å²) >= 11 is 7.90. The van der Waals surface area contributed by atoms with Crippen LogP contribution in [0, 0.1) is 28.6 Å². The summed E-state index contributed by atoms with van der Waals surface area (Å²) in [5.41, 5.74) is 2.69. The van der Waals surface area contributed by atoms with E-state index in [2.05, 4.69) is 19.2 Å². The summed E-state index contributed by atoms with van der Waals surface area (Å²) in [6, 6.07) is 7.86. The van der Waals surface area contributed by atoms with Crippen LogP contribution in [0.3, 0.4) is 0 Å². The van der Waals surface area contributed by atoms with Crippen molar-refractivity contribution in [2.75, 3.05) is 5.32 Å². The van der Waals surface area contributed by atoms with Crippen molar-refractivity contribution in [1.29, 1.82) is 0 Å². The van der Waals surface area contributed by atoms with Crippen LogP contribution < -0.4 is 5.32 Å². The Morgan fingerprint density at radius 1 is 1.03 bits per heavy atom. The van der Waals surface area contributed by atoms with Gasteiger partial charge >= 0.3 is 0 Å². The maximum atomic E-state index is 12.7. The van der Waals surface area contributed by atoms with E-state index in [0.29, 0.717) is 23.0 Å². The van der Waals surface area contributed by atoms with Gasteiger partial charge in [0, 0.05) is 33.3 Å². The molecule has 3 fully saturated rings. The summed E-state index contributed by atoms with van der Waals surface area (Å²) < 4.78 is 0. The lowest BCUT2D eigenvalue weighted by Gasteiger charge is -2.59. The number of fused-ring (bicyclic) bond motifs is 7. The number of halogens is 1. The second kappa shape index (κ2) is 7.05. The van der Waals surface area contributed by atoms with Crippen molar-refractivity contribution in [1.82, 2.24) is 4.98 Å². The highest BCUT2D eigenvalue weighted by Crippen LogP contribution is 2.67. The SMILES string of the molecule is C[C@]12CCc3nc(Nc4ccc(Cl)cc4)sc3C1CC[C@@H]1[C@@H]2CC[C@]2(C)C(=O)CC[C@@H]12. The molecule has 3 saturated carbocycles. The number of carbonyl (C=O) groups excluding carboxylic acids is 1. The second-order valence-corrected chi connectivity index (χ2v) is 12.4. The van der Waals surface area contributed by atoms with Gasteiger partial charge in [0.15, 0.2) is 5.13 Å². The van der Waals surface area contributed by atoms with Gasteiger partial charge in [-0.3, -0.25) is 4.79 Å². The number of aryl methyl sites for hydroxylation is 1. The van der Waals surface area contributed by atoms with Crippen molar-refractivity contribution >= 4 is 39.5 Å². The summed E-state index contributed by atoms with van der Waals surface area (Å²) in [6.45, 7) is 4.86. The molecule has 2 aromatic rings. The summed E-state index contributed by atoms with van der Waals surface area (Å²) in [5, 5.41) is 5.27. The first kappa shape index (κ1) is 20.2. The maximum Gasteiger partial charge on any atom is 0.187 e. The average Bonchev–Trinajstić information content (AvgIpc) is 3.29. The molecule has 6 rings (SSSR count). The fourth-order valence-corrected chi connectivity index (χ4v) is 9.38. The molecule has 1 heterocycles. The Bertz CT molecular complexity index is 1030. The van der Waals surface area contributed by atoms with Crippen molar-refractivity contribution in [2.24, 2.45) is 28.6 Å². The van der Waals surface area contributed by atoms with Crippen LogP contribution >= 0.6 is 22.9 Å². The third-order valence-corrected chi connectivity index (χ3v) is 11.0. The second-order valence-electron chi connectivity index (χ2n) is 10.9. The van der Waals surface area contributed by atoms with E-state index in [-0.39, 0.29) is 5.41 Å². The van der Waals surface area contributed by atoms with Gasteiger partial charge in [-0.25, -0.2) is 4.98 Å². The highest BCUT2D eigenvalue weighted by Gasteiger charge is 2.60. The Hall–Kier alpha value is -1.39. The predicted molar refractivity (Wildman–Crippen MR) is 127 cm³/mol. The molecule has 0 saturated heterocycles. The quantitative estimate of drug-likeness (QED) is 0.514. The molecular formula is C26H31ClN2OS. The summed E-state index contributed by atoms with van der Waals surface area (Å²) in [4.78, 5) is 19.2. The minimum Gasteiger partial charge on any atom is -0.332 e. The predicted octanol–water partition coefficient (Wildman–Crippen LogP) is 7.38. The molecular weight excluding hydrogens is 424 g/mol. The van der Waals surface area contributed by atoms with Gasteiger partial charge < -0.3 is 5.32 Å². The molecule has 31 heavy (non-hydrogen) atoms. The zero-order chi connectivity index (χ0) is 21.4. The summed E-state index contributed by atoms with van der Waals surface area (Å²) in [5.74, 6) is 3.30. The molecule has 1 unspecified atom stereocenters. The topological polar surface area (TPSA) is 42.0 Å². The van der Waals surface area contributed by atoms with Crippen LogP contribution in [-0.2, 0) is 11.2 Å². The molecule has 1 aromatic carbocycles. The van der Waals surface area contributed by atoms with E-state index in [9.17, 15) is 4.79 Å². The largest absolute Gasteiger partial charge is 0.332 e. The summed E-state index contributed by atoms with van der Waals surface area (Å²) in [6.07, 6.45) is 9.18.